The summed E-state index contributed by atoms with van der Waals surface area (Å²) in [6, 6.07) is 13.3. The van der Waals surface area contributed by atoms with Crippen molar-refractivity contribution in [2.45, 2.75) is 105 Å². The number of aryl methyl sites for hydroxylation is 2. The zero-order valence-electron chi connectivity index (χ0n) is 25.0. The van der Waals surface area contributed by atoms with Crippen molar-refractivity contribution in [3.63, 3.8) is 0 Å². The van der Waals surface area contributed by atoms with Gasteiger partial charge in [0.15, 0.2) is 0 Å². The fourth-order valence-corrected chi connectivity index (χ4v) is 4.70. The predicted molar refractivity (Wildman–Crippen MR) is 156 cm³/mol. The third-order valence-electron chi connectivity index (χ3n) is 6.50. The molecule has 2 aromatic carbocycles. The normalized spacial score (nSPS) is 12.9. The van der Waals surface area contributed by atoms with Gasteiger partial charge in [-0.05, 0) is 77.1 Å². The number of carbonyl (C=O) groups is 3. The highest BCUT2D eigenvalue weighted by Gasteiger charge is 2.39. The van der Waals surface area contributed by atoms with Crippen molar-refractivity contribution in [2.75, 3.05) is 6.54 Å². The third kappa shape index (κ3) is 9.72. The lowest BCUT2D eigenvalue weighted by Gasteiger charge is -2.38. The number of hydrogen-bond acceptors (Lipinski definition) is 4. The Labute approximate surface area is 234 Å². The summed E-state index contributed by atoms with van der Waals surface area (Å²) in [7, 11) is 0. The molecule has 0 aliphatic rings. The number of benzene rings is 2. The summed E-state index contributed by atoms with van der Waals surface area (Å²) in [5.41, 5.74) is 2.84. The highest BCUT2D eigenvalue weighted by Crippen LogP contribution is 2.30. The second kappa shape index (κ2) is 14.7. The van der Waals surface area contributed by atoms with Gasteiger partial charge in [-0.1, -0.05) is 68.3 Å². The number of nitrogens with one attached hydrogen (secondary N) is 2. The van der Waals surface area contributed by atoms with Crippen LogP contribution in [0.3, 0.4) is 0 Å². The van der Waals surface area contributed by atoms with Crippen molar-refractivity contribution in [1.82, 2.24) is 15.5 Å². The highest BCUT2D eigenvalue weighted by molar-refractivity contribution is 5.93. The van der Waals surface area contributed by atoms with E-state index in [-0.39, 0.29) is 24.3 Å². The molecule has 0 fully saturated rings. The van der Waals surface area contributed by atoms with Crippen LogP contribution in [-0.2, 0) is 20.7 Å². The molecular formula is C32H47N3O4. The number of alkyl carbamates (subject to hydrolysis) is 1. The number of hydrogen-bond donors (Lipinski definition) is 2. The van der Waals surface area contributed by atoms with Crippen molar-refractivity contribution in [3.8, 4) is 0 Å². The van der Waals surface area contributed by atoms with E-state index in [1.165, 1.54) is 0 Å². The number of ether oxygens (including phenoxy) is 1. The van der Waals surface area contributed by atoms with E-state index < -0.39 is 23.8 Å². The first-order chi connectivity index (χ1) is 18.4. The van der Waals surface area contributed by atoms with Gasteiger partial charge in [0.25, 0.3) is 0 Å². The Bertz CT molecular complexity index is 1070. The summed E-state index contributed by atoms with van der Waals surface area (Å²) in [4.78, 5) is 42.7. The Morgan fingerprint density at radius 1 is 0.923 bits per heavy atom. The summed E-state index contributed by atoms with van der Waals surface area (Å²) in [6.07, 6.45) is 2.52. The maximum absolute atomic E-state index is 14.4. The molecule has 0 spiro atoms. The van der Waals surface area contributed by atoms with Gasteiger partial charge >= 0.3 is 6.09 Å². The molecule has 0 saturated heterocycles. The lowest BCUT2D eigenvalue weighted by Crippen LogP contribution is -2.56. The molecular weight excluding hydrogens is 490 g/mol. The van der Waals surface area contributed by atoms with Crippen LogP contribution in [0.4, 0.5) is 4.79 Å². The smallest absolute Gasteiger partial charge is 0.408 e. The molecule has 0 radical (unpaired) electrons. The first-order valence-electron chi connectivity index (χ1n) is 14.0. The van der Waals surface area contributed by atoms with Gasteiger partial charge in [-0.2, -0.15) is 0 Å². The van der Waals surface area contributed by atoms with E-state index in [4.69, 9.17) is 4.74 Å². The Morgan fingerprint density at radius 3 is 2.08 bits per heavy atom. The van der Waals surface area contributed by atoms with Crippen LogP contribution in [-0.4, -0.2) is 47.0 Å². The molecule has 7 nitrogen and oxygen atoms in total. The monoisotopic (exact) mass is 537 g/mol. The number of rotatable bonds is 12. The summed E-state index contributed by atoms with van der Waals surface area (Å²) in [5.74, 6) is -0.558. The average molecular weight is 538 g/mol. The molecule has 2 rings (SSSR count). The fraction of sp³-hybridized carbons (Fsp3) is 0.531. The zero-order valence-corrected chi connectivity index (χ0v) is 25.0. The molecule has 0 aromatic heterocycles. The standard InChI is InChI=1S/C32H47N3O4/c1-9-10-14-20-33-29(36)28(27-23(4)16-15-17-24(27)5)35(22(2)3)30(37)26(21-25-18-12-11-13-19-25)34-31(38)39-32(6,7)8/h11-13,15-19,22,26,28H,9-10,14,20-21H2,1-8H3,(H,33,36)(H,34,38). The number of carbonyl (C=O) groups excluding carboxylic acids is 3. The maximum Gasteiger partial charge on any atom is 0.408 e. The highest BCUT2D eigenvalue weighted by atomic mass is 16.6. The second-order valence-electron chi connectivity index (χ2n) is 11.4. The molecule has 0 bridgehead atoms. The van der Waals surface area contributed by atoms with Gasteiger partial charge in [-0.3, -0.25) is 9.59 Å². The lowest BCUT2D eigenvalue weighted by atomic mass is 9.92. The molecule has 0 saturated carbocycles. The minimum absolute atomic E-state index is 0.221. The van der Waals surface area contributed by atoms with E-state index in [2.05, 4.69) is 17.6 Å². The minimum Gasteiger partial charge on any atom is -0.444 e. The Balaban J connectivity index is 2.54. The molecule has 39 heavy (non-hydrogen) atoms. The van der Waals surface area contributed by atoms with Crippen LogP contribution in [0.1, 0.15) is 89.1 Å². The number of amides is 3. The van der Waals surface area contributed by atoms with E-state index >= 15 is 0 Å². The molecule has 0 aliphatic heterocycles. The number of nitrogens with zero attached hydrogens (tertiary/aromatic N) is 1. The van der Waals surface area contributed by atoms with Crippen molar-refractivity contribution in [1.29, 1.82) is 0 Å². The first-order valence-corrected chi connectivity index (χ1v) is 14.0. The van der Waals surface area contributed by atoms with Crippen LogP contribution in [0.5, 0.6) is 0 Å². The topological polar surface area (TPSA) is 87.7 Å². The molecule has 2 unspecified atom stereocenters. The van der Waals surface area contributed by atoms with Gasteiger partial charge in [-0.15, -0.1) is 0 Å². The van der Waals surface area contributed by atoms with Crippen LogP contribution in [0.15, 0.2) is 48.5 Å². The van der Waals surface area contributed by atoms with Crippen LogP contribution in [0.2, 0.25) is 0 Å². The maximum atomic E-state index is 14.4. The van der Waals surface area contributed by atoms with E-state index in [0.717, 1.165) is 41.5 Å². The summed E-state index contributed by atoms with van der Waals surface area (Å²) < 4.78 is 5.50. The van der Waals surface area contributed by atoms with Gasteiger partial charge in [0, 0.05) is 19.0 Å². The third-order valence-corrected chi connectivity index (χ3v) is 6.50. The van der Waals surface area contributed by atoms with Gasteiger partial charge in [0.1, 0.15) is 17.7 Å². The first kappa shape index (κ1) is 31.9. The van der Waals surface area contributed by atoms with Crippen LogP contribution in [0, 0.1) is 13.8 Å². The van der Waals surface area contributed by atoms with Crippen LogP contribution < -0.4 is 10.6 Å². The minimum atomic E-state index is -0.927. The second-order valence-corrected chi connectivity index (χ2v) is 11.4. The van der Waals surface area contributed by atoms with Crippen molar-refractivity contribution in [2.24, 2.45) is 0 Å². The molecule has 0 heterocycles. The SMILES string of the molecule is CCCCCNC(=O)C(c1c(C)cccc1C)N(C(=O)C(Cc1ccccc1)NC(=O)OC(C)(C)C)C(C)C. The molecule has 214 valence electrons. The Kier molecular flexibility index (Phi) is 12.0. The molecule has 7 heteroatoms. The molecule has 0 aliphatic carbocycles. The number of unbranched alkanes of at least 4 members (excludes halogenated alkanes) is 2. The fourth-order valence-electron chi connectivity index (χ4n) is 4.70. The van der Waals surface area contributed by atoms with E-state index in [0.29, 0.717) is 6.54 Å². The summed E-state index contributed by atoms with van der Waals surface area (Å²) in [6.45, 7) is 15.7. The van der Waals surface area contributed by atoms with Crippen molar-refractivity contribution in [3.05, 3.63) is 70.8 Å². The van der Waals surface area contributed by atoms with Crippen molar-refractivity contribution >= 4 is 17.9 Å². The molecule has 2 aromatic rings. The Hall–Kier alpha value is -3.35. The summed E-state index contributed by atoms with van der Waals surface area (Å²) >= 11 is 0. The van der Waals surface area contributed by atoms with E-state index in [1.807, 2.05) is 76.2 Å². The van der Waals surface area contributed by atoms with E-state index in [1.54, 1.807) is 25.7 Å². The lowest BCUT2D eigenvalue weighted by molar-refractivity contribution is -0.144. The van der Waals surface area contributed by atoms with Gasteiger partial charge in [0.05, 0.1) is 0 Å². The predicted octanol–water partition coefficient (Wildman–Crippen LogP) is 6.02. The quantitative estimate of drug-likeness (QED) is 0.324. The average Bonchev–Trinajstić information content (AvgIpc) is 2.84. The Morgan fingerprint density at radius 2 is 1.54 bits per heavy atom. The van der Waals surface area contributed by atoms with E-state index in [9.17, 15) is 14.4 Å². The van der Waals surface area contributed by atoms with Gasteiger partial charge in [0.2, 0.25) is 11.8 Å². The van der Waals surface area contributed by atoms with Crippen LogP contribution in [0.25, 0.3) is 0 Å². The van der Waals surface area contributed by atoms with Crippen LogP contribution >= 0.6 is 0 Å². The molecule has 2 N–H and O–H groups in total. The van der Waals surface area contributed by atoms with Gasteiger partial charge in [-0.25, -0.2) is 4.79 Å². The largest absolute Gasteiger partial charge is 0.444 e. The summed E-state index contributed by atoms with van der Waals surface area (Å²) in [5, 5.41) is 5.88. The molecule has 3 amide bonds. The van der Waals surface area contributed by atoms with Crippen molar-refractivity contribution < 1.29 is 19.1 Å². The zero-order chi connectivity index (χ0) is 29.2. The molecule has 2 atom stereocenters. The van der Waals surface area contributed by atoms with Gasteiger partial charge < -0.3 is 20.3 Å².